The summed E-state index contributed by atoms with van der Waals surface area (Å²) in [7, 11) is 1.73. The van der Waals surface area contributed by atoms with Crippen LogP contribution in [0.25, 0.3) is 5.65 Å². The first-order chi connectivity index (χ1) is 10.4. The Bertz CT molecular complexity index is 765. The summed E-state index contributed by atoms with van der Waals surface area (Å²) in [6.07, 6.45) is 2.48. The zero-order valence-electron chi connectivity index (χ0n) is 13.7. The number of ether oxygens (including phenoxy) is 1. The maximum Gasteiger partial charge on any atom is 0.175 e. The van der Waals surface area contributed by atoms with E-state index < -0.39 is 0 Å². The predicted octanol–water partition coefficient (Wildman–Crippen LogP) is 2.09. The van der Waals surface area contributed by atoms with Crippen molar-refractivity contribution >= 4 is 11.5 Å². The van der Waals surface area contributed by atoms with Gasteiger partial charge in [0.15, 0.2) is 5.65 Å². The third-order valence-electron chi connectivity index (χ3n) is 4.16. The van der Waals surface area contributed by atoms with Crippen molar-refractivity contribution in [2.75, 3.05) is 18.6 Å². The van der Waals surface area contributed by atoms with Crippen molar-refractivity contribution in [1.29, 1.82) is 5.26 Å². The zero-order chi connectivity index (χ0) is 16.1. The van der Waals surface area contributed by atoms with Gasteiger partial charge in [0.1, 0.15) is 17.5 Å². The molecule has 6 nitrogen and oxygen atoms in total. The topological polar surface area (TPSA) is 66.4 Å². The molecule has 6 heteroatoms. The fraction of sp³-hybridized carbons (Fsp3) is 0.562. The molecule has 1 aliphatic rings. The van der Waals surface area contributed by atoms with E-state index in [1.165, 1.54) is 5.56 Å². The van der Waals surface area contributed by atoms with Gasteiger partial charge in [-0.2, -0.15) is 14.9 Å². The molecule has 1 aliphatic heterocycles. The Labute approximate surface area is 130 Å². The molecule has 0 saturated heterocycles. The maximum absolute atomic E-state index is 9.25. The molecular formula is C16H21N5O. The Morgan fingerprint density at radius 1 is 1.45 bits per heavy atom. The number of nitrogens with zero attached hydrogens (tertiary/aromatic N) is 5. The van der Waals surface area contributed by atoms with Crippen LogP contribution in [0.4, 0.5) is 5.82 Å². The second kappa shape index (κ2) is 4.96. The Morgan fingerprint density at radius 2 is 2.18 bits per heavy atom. The molecule has 0 amide bonds. The highest BCUT2D eigenvalue weighted by molar-refractivity contribution is 5.66. The number of fused-ring (bicyclic) bond motifs is 3. The molecular weight excluding hydrogens is 278 g/mol. The number of methoxy groups -OCH3 is 1. The molecule has 1 atom stereocenters. The summed E-state index contributed by atoms with van der Waals surface area (Å²) >= 11 is 0. The summed E-state index contributed by atoms with van der Waals surface area (Å²) in [6, 6.07) is 2.42. The molecule has 0 bridgehead atoms. The first-order valence-corrected chi connectivity index (χ1v) is 7.44. The van der Waals surface area contributed by atoms with Gasteiger partial charge in [-0.1, -0.05) is 0 Å². The largest absolute Gasteiger partial charge is 0.383 e. The average molecular weight is 299 g/mol. The van der Waals surface area contributed by atoms with Gasteiger partial charge in [0, 0.05) is 30.3 Å². The fourth-order valence-electron chi connectivity index (χ4n) is 3.38. The number of anilines is 1. The van der Waals surface area contributed by atoms with Gasteiger partial charge in [-0.05, 0) is 27.7 Å². The molecule has 116 valence electrons. The number of rotatable bonds is 2. The van der Waals surface area contributed by atoms with Crippen LogP contribution in [0.1, 0.15) is 37.6 Å². The van der Waals surface area contributed by atoms with Crippen molar-refractivity contribution in [1.82, 2.24) is 14.6 Å². The molecule has 2 aromatic rings. The van der Waals surface area contributed by atoms with Gasteiger partial charge in [-0.25, -0.2) is 4.98 Å². The lowest BCUT2D eigenvalue weighted by molar-refractivity contribution is 0.171. The number of aromatic nitrogens is 3. The van der Waals surface area contributed by atoms with Crippen molar-refractivity contribution in [3.05, 3.63) is 23.0 Å². The van der Waals surface area contributed by atoms with Crippen molar-refractivity contribution in [2.24, 2.45) is 0 Å². The zero-order valence-corrected chi connectivity index (χ0v) is 13.7. The Balaban J connectivity index is 2.29. The van der Waals surface area contributed by atoms with E-state index >= 15 is 0 Å². The Morgan fingerprint density at radius 3 is 2.77 bits per heavy atom. The van der Waals surface area contributed by atoms with Crippen LogP contribution in [0.3, 0.4) is 0 Å². The molecule has 3 rings (SSSR count). The van der Waals surface area contributed by atoms with Crippen LogP contribution < -0.4 is 4.90 Å². The highest BCUT2D eigenvalue weighted by Gasteiger charge is 2.40. The minimum atomic E-state index is -0.0755. The van der Waals surface area contributed by atoms with Crippen molar-refractivity contribution < 1.29 is 4.74 Å². The fourth-order valence-corrected chi connectivity index (χ4v) is 3.38. The van der Waals surface area contributed by atoms with Gasteiger partial charge in [0.2, 0.25) is 0 Å². The van der Waals surface area contributed by atoms with Gasteiger partial charge in [0.05, 0.1) is 18.8 Å². The van der Waals surface area contributed by atoms with Gasteiger partial charge >= 0.3 is 0 Å². The number of hydrogen-bond donors (Lipinski definition) is 0. The van der Waals surface area contributed by atoms with E-state index in [1.54, 1.807) is 13.3 Å². The van der Waals surface area contributed by atoms with E-state index in [4.69, 9.17) is 4.74 Å². The lowest BCUT2D eigenvalue weighted by Crippen LogP contribution is -2.48. The first-order valence-electron chi connectivity index (χ1n) is 7.44. The molecule has 0 saturated carbocycles. The number of nitriles is 1. The minimum Gasteiger partial charge on any atom is -0.383 e. The van der Waals surface area contributed by atoms with E-state index in [1.807, 2.05) is 11.4 Å². The van der Waals surface area contributed by atoms with E-state index in [-0.39, 0.29) is 11.6 Å². The standard InChI is InChI=1S/C16H21N5O/c1-10-13-6-12(9-22-5)20(16(2,3)4)15(13)21-14(19-10)11(7-17)8-18-21/h8,12H,6,9H2,1-5H3. The van der Waals surface area contributed by atoms with Crippen molar-refractivity contribution in [3.8, 4) is 6.07 Å². The summed E-state index contributed by atoms with van der Waals surface area (Å²) in [5.41, 5.74) is 3.22. The lowest BCUT2D eigenvalue weighted by atomic mass is 10.0. The molecule has 0 aromatic carbocycles. The number of aryl methyl sites for hydroxylation is 1. The third-order valence-corrected chi connectivity index (χ3v) is 4.16. The quantitative estimate of drug-likeness (QED) is 0.849. The van der Waals surface area contributed by atoms with Crippen LogP contribution in [0, 0.1) is 18.3 Å². The monoisotopic (exact) mass is 299 g/mol. The summed E-state index contributed by atoms with van der Waals surface area (Å²) in [4.78, 5) is 6.95. The SMILES string of the molecule is COCC1Cc2c(C)nc3c(C#N)cnn3c2N1C(C)(C)C. The van der Waals surface area contributed by atoms with Gasteiger partial charge in [0.25, 0.3) is 0 Å². The highest BCUT2D eigenvalue weighted by Crippen LogP contribution is 2.39. The highest BCUT2D eigenvalue weighted by atomic mass is 16.5. The minimum absolute atomic E-state index is 0.0755. The van der Waals surface area contributed by atoms with E-state index in [9.17, 15) is 5.26 Å². The van der Waals surface area contributed by atoms with Gasteiger partial charge < -0.3 is 9.64 Å². The first kappa shape index (κ1) is 14.8. The Kier molecular flexibility index (Phi) is 3.33. The maximum atomic E-state index is 9.25. The Hall–Kier alpha value is -2.13. The van der Waals surface area contributed by atoms with Crippen molar-refractivity contribution in [3.63, 3.8) is 0 Å². The smallest absolute Gasteiger partial charge is 0.175 e. The van der Waals surface area contributed by atoms with Crippen LogP contribution in [-0.4, -0.2) is 39.9 Å². The summed E-state index contributed by atoms with van der Waals surface area (Å²) < 4.78 is 7.22. The normalized spacial score (nSPS) is 17.8. The predicted molar refractivity (Wildman–Crippen MR) is 84.0 cm³/mol. The van der Waals surface area contributed by atoms with Crippen LogP contribution >= 0.6 is 0 Å². The van der Waals surface area contributed by atoms with E-state index in [2.05, 4.69) is 41.8 Å². The van der Waals surface area contributed by atoms with Gasteiger partial charge in [-0.15, -0.1) is 0 Å². The van der Waals surface area contributed by atoms with Crippen LogP contribution in [0.5, 0.6) is 0 Å². The molecule has 0 aliphatic carbocycles. The summed E-state index contributed by atoms with van der Waals surface area (Å²) in [6.45, 7) is 9.20. The molecule has 0 spiro atoms. The van der Waals surface area contributed by atoms with Crippen molar-refractivity contribution in [2.45, 2.75) is 45.7 Å². The lowest BCUT2D eigenvalue weighted by Gasteiger charge is -2.39. The molecule has 22 heavy (non-hydrogen) atoms. The molecule has 0 fully saturated rings. The van der Waals surface area contributed by atoms with E-state index in [0.717, 1.165) is 17.9 Å². The second-order valence-corrected chi connectivity index (χ2v) is 6.76. The summed E-state index contributed by atoms with van der Waals surface area (Å²) in [5.74, 6) is 1.04. The second-order valence-electron chi connectivity index (χ2n) is 6.76. The third kappa shape index (κ3) is 2.04. The summed E-state index contributed by atoms with van der Waals surface area (Å²) in [5, 5.41) is 13.7. The molecule has 3 heterocycles. The number of hydrogen-bond acceptors (Lipinski definition) is 5. The molecule has 1 unspecified atom stereocenters. The average Bonchev–Trinajstić information content (AvgIpc) is 2.99. The molecule has 0 radical (unpaired) electrons. The van der Waals surface area contributed by atoms with E-state index in [0.29, 0.717) is 17.8 Å². The van der Waals surface area contributed by atoms with Crippen LogP contribution in [0.15, 0.2) is 6.20 Å². The molecule has 0 N–H and O–H groups in total. The van der Waals surface area contributed by atoms with Crippen LogP contribution in [0.2, 0.25) is 0 Å². The van der Waals surface area contributed by atoms with Gasteiger partial charge in [-0.3, -0.25) is 0 Å². The van der Waals surface area contributed by atoms with Crippen LogP contribution in [-0.2, 0) is 11.2 Å². The molecule has 2 aromatic heterocycles.